The third-order valence-electron chi connectivity index (χ3n) is 3.68. The zero-order valence-electron chi connectivity index (χ0n) is 14.4. The van der Waals surface area contributed by atoms with E-state index in [2.05, 4.69) is 25.1 Å². The first-order valence-electron chi connectivity index (χ1n) is 7.67. The number of carbonyl (C=O) groups is 1. The van der Waals surface area contributed by atoms with E-state index in [-0.39, 0.29) is 17.3 Å². The summed E-state index contributed by atoms with van der Waals surface area (Å²) in [4.78, 5) is 26.1. The van der Waals surface area contributed by atoms with Crippen molar-refractivity contribution in [3.63, 3.8) is 0 Å². The summed E-state index contributed by atoms with van der Waals surface area (Å²) in [6.45, 7) is 8.81. The molecule has 12 heteroatoms. The van der Waals surface area contributed by atoms with Gasteiger partial charge < -0.3 is 15.1 Å². The first-order valence-corrected chi connectivity index (χ1v) is 10.2. The highest BCUT2D eigenvalue weighted by molar-refractivity contribution is 7.99. The number of aryl methyl sites for hydroxylation is 1. The van der Waals surface area contributed by atoms with Gasteiger partial charge in [-0.05, 0) is 25.1 Å². The summed E-state index contributed by atoms with van der Waals surface area (Å²) in [5.41, 5.74) is 1.98. The Morgan fingerprint density at radius 1 is 1.46 bits per heavy atom. The van der Waals surface area contributed by atoms with Gasteiger partial charge in [0.25, 0.3) is 5.82 Å². The van der Waals surface area contributed by atoms with Crippen molar-refractivity contribution in [2.24, 2.45) is 5.14 Å². The number of aromatic nitrogens is 3. The van der Waals surface area contributed by atoms with Crippen molar-refractivity contribution in [1.82, 2.24) is 15.0 Å². The number of anilines is 1. The number of thioether (sulfide) groups is 1. The predicted octanol–water partition coefficient (Wildman–Crippen LogP) is 2.33. The molecule has 0 atom stereocenters. The van der Waals surface area contributed by atoms with Crippen LogP contribution >= 0.6 is 11.8 Å². The van der Waals surface area contributed by atoms with Crippen LogP contribution in [0.5, 0.6) is 0 Å². The van der Waals surface area contributed by atoms with Gasteiger partial charge in [-0.1, -0.05) is 18.3 Å². The number of benzene rings is 1. The molecule has 2 aromatic heterocycles. The molecule has 0 radical (unpaired) electrons. The van der Waals surface area contributed by atoms with Crippen molar-refractivity contribution in [1.29, 1.82) is 0 Å². The smallest absolute Gasteiger partial charge is 0.274 e. The van der Waals surface area contributed by atoms with Gasteiger partial charge in [0.15, 0.2) is 5.16 Å². The maximum Gasteiger partial charge on any atom is 0.274 e. The Morgan fingerprint density at radius 3 is 2.89 bits per heavy atom. The molecule has 0 fully saturated rings. The number of imidazole rings is 1. The van der Waals surface area contributed by atoms with Crippen LogP contribution in [0, 0.1) is 19.3 Å². The highest BCUT2D eigenvalue weighted by Gasteiger charge is 2.16. The van der Waals surface area contributed by atoms with E-state index in [1.54, 1.807) is 6.92 Å². The molecule has 0 saturated heterocycles. The summed E-state index contributed by atoms with van der Waals surface area (Å²) >= 11 is 1.11. The van der Waals surface area contributed by atoms with Crippen LogP contribution in [-0.2, 0) is 14.8 Å². The zero-order chi connectivity index (χ0) is 20.5. The number of H-pyrrole nitrogens is 1. The minimum Gasteiger partial charge on any atom is -0.360 e. The molecular weight excluding hydrogens is 407 g/mol. The molecule has 0 unspecified atom stereocenters. The van der Waals surface area contributed by atoms with E-state index in [0.717, 1.165) is 23.9 Å². The van der Waals surface area contributed by atoms with Gasteiger partial charge in [0.2, 0.25) is 15.9 Å². The number of rotatable bonds is 5. The summed E-state index contributed by atoms with van der Waals surface area (Å²) in [7, 11) is -4.25. The Bertz CT molecular complexity index is 1230. The Labute approximate surface area is 163 Å². The number of nitrogens with one attached hydrogen (secondary N) is 2. The normalized spacial score (nSPS) is 11.4. The van der Waals surface area contributed by atoms with Crippen molar-refractivity contribution in [3.8, 4) is 0 Å². The van der Waals surface area contributed by atoms with Gasteiger partial charge in [0.05, 0.1) is 11.3 Å². The molecule has 0 aliphatic rings. The number of nitrogens with zero attached hydrogens (tertiary/aromatic N) is 3. The highest BCUT2D eigenvalue weighted by Crippen LogP contribution is 2.26. The van der Waals surface area contributed by atoms with Crippen molar-refractivity contribution >= 4 is 50.2 Å². The summed E-state index contributed by atoms with van der Waals surface area (Å²) in [5.74, 6) is -1.23. The number of halogens is 1. The number of sulfonamides is 1. The van der Waals surface area contributed by atoms with Crippen LogP contribution in [-0.4, -0.2) is 35.0 Å². The van der Waals surface area contributed by atoms with Crippen LogP contribution in [0.15, 0.2) is 34.4 Å². The van der Waals surface area contributed by atoms with Crippen molar-refractivity contribution < 1.29 is 17.6 Å². The predicted molar refractivity (Wildman–Crippen MR) is 102 cm³/mol. The van der Waals surface area contributed by atoms with Gasteiger partial charge in [-0.2, -0.15) is 0 Å². The van der Waals surface area contributed by atoms with Crippen LogP contribution in [0.2, 0.25) is 0 Å². The van der Waals surface area contributed by atoms with Gasteiger partial charge in [0, 0.05) is 11.3 Å². The molecule has 4 N–H and O–H groups in total. The standard InChI is InChI=1S/C16H13FN6O3S2/c1-8-14-11(6-20-15(8)19-2)22-16(23-14)27-7-13(24)21-9-3-4-10(17)12(5-9)28(18,25)26/h3-6H,7H2,1H3,(H,21,24)(H,22,23)(H2,18,25,26). The molecule has 144 valence electrons. The van der Waals surface area contributed by atoms with Crippen LogP contribution < -0.4 is 10.5 Å². The van der Waals surface area contributed by atoms with Crippen LogP contribution in [0.4, 0.5) is 15.9 Å². The minimum atomic E-state index is -4.25. The first-order chi connectivity index (χ1) is 13.2. The number of nitrogens with two attached hydrogens (primary N) is 1. The lowest BCUT2D eigenvalue weighted by Gasteiger charge is -2.07. The summed E-state index contributed by atoms with van der Waals surface area (Å²) in [6, 6.07) is 3.09. The van der Waals surface area contributed by atoms with E-state index < -0.39 is 26.6 Å². The van der Waals surface area contributed by atoms with E-state index in [4.69, 9.17) is 11.7 Å². The molecule has 3 aromatic rings. The molecule has 1 aromatic carbocycles. The third-order valence-corrected chi connectivity index (χ3v) is 5.48. The van der Waals surface area contributed by atoms with Crippen molar-refractivity contribution in [2.75, 3.05) is 11.1 Å². The molecule has 2 heterocycles. The van der Waals surface area contributed by atoms with Crippen LogP contribution in [0.3, 0.4) is 0 Å². The lowest BCUT2D eigenvalue weighted by atomic mass is 10.2. The number of amides is 1. The maximum absolute atomic E-state index is 13.5. The third kappa shape index (κ3) is 4.11. The van der Waals surface area contributed by atoms with Crippen LogP contribution in [0.1, 0.15) is 5.56 Å². The zero-order valence-corrected chi connectivity index (χ0v) is 16.0. The number of pyridine rings is 1. The highest BCUT2D eigenvalue weighted by atomic mass is 32.2. The minimum absolute atomic E-state index is 0.0376. The van der Waals surface area contributed by atoms with Gasteiger partial charge in [-0.15, -0.1) is 4.98 Å². The number of hydrogen-bond donors (Lipinski definition) is 3. The first kappa shape index (κ1) is 19.7. The van der Waals surface area contributed by atoms with Gasteiger partial charge >= 0.3 is 0 Å². The number of carbonyl (C=O) groups excluding carboxylic acids is 1. The number of aromatic amines is 1. The Kier molecular flexibility index (Phi) is 5.32. The van der Waals surface area contributed by atoms with Crippen molar-refractivity contribution in [3.05, 3.63) is 47.2 Å². The van der Waals surface area contributed by atoms with Gasteiger partial charge in [-0.3, -0.25) is 4.79 Å². The summed E-state index contributed by atoms with van der Waals surface area (Å²) in [5, 5.41) is 7.88. The fraction of sp³-hybridized carbons (Fsp3) is 0.125. The number of hydrogen-bond acceptors (Lipinski definition) is 6. The monoisotopic (exact) mass is 420 g/mol. The second-order valence-corrected chi connectivity index (χ2v) is 8.14. The number of fused-ring (bicyclic) bond motifs is 1. The fourth-order valence-electron chi connectivity index (χ4n) is 2.38. The molecule has 0 bridgehead atoms. The average Bonchev–Trinajstić information content (AvgIpc) is 3.05. The Hall–Kier alpha value is -3.01. The largest absolute Gasteiger partial charge is 0.360 e. The molecular formula is C16H13FN6O3S2. The Morgan fingerprint density at radius 2 is 2.21 bits per heavy atom. The molecule has 28 heavy (non-hydrogen) atoms. The quantitative estimate of drug-likeness (QED) is 0.428. The summed E-state index contributed by atoms with van der Waals surface area (Å²) in [6.07, 6.45) is 1.50. The molecule has 0 saturated carbocycles. The molecule has 1 amide bonds. The molecule has 9 nitrogen and oxygen atoms in total. The van der Waals surface area contributed by atoms with E-state index in [0.29, 0.717) is 21.8 Å². The van der Waals surface area contributed by atoms with Crippen LogP contribution in [0.25, 0.3) is 15.9 Å². The SMILES string of the molecule is [C-]#[N+]c1ncc2[nH]c(SCC(=O)Nc3ccc(F)c(S(N)(=O)=O)c3)nc2c1C. The van der Waals surface area contributed by atoms with Crippen molar-refractivity contribution in [2.45, 2.75) is 17.0 Å². The van der Waals surface area contributed by atoms with E-state index in [1.807, 2.05) is 0 Å². The second-order valence-electron chi connectivity index (χ2n) is 5.65. The van der Waals surface area contributed by atoms with E-state index in [9.17, 15) is 17.6 Å². The molecule has 0 aliphatic heterocycles. The van der Waals surface area contributed by atoms with Gasteiger partial charge in [-0.25, -0.2) is 22.9 Å². The maximum atomic E-state index is 13.5. The average molecular weight is 420 g/mol. The lowest BCUT2D eigenvalue weighted by Crippen LogP contribution is -2.17. The Balaban J connectivity index is 1.71. The van der Waals surface area contributed by atoms with E-state index in [1.165, 1.54) is 12.3 Å². The summed E-state index contributed by atoms with van der Waals surface area (Å²) < 4.78 is 36.2. The van der Waals surface area contributed by atoms with Gasteiger partial charge in [0.1, 0.15) is 22.4 Å². The topological polar surface area (TPSA) is 135 Å². The molecule has 3 rings (SSSR count). The second kappa shape index (κ2) is 7.55. The lowest BCUT2D eigenvalue weighted by molar-refractivity contribution is -0.113. The molecule has 0 spiro atoms. The molecule has 0 aliphatic carbocycles. The number of primary sulfonamides is 1. The van der Waals surface area contributed by atoms with E-state index >= 15 is 0 Å². The fourth-order valence-corrected chi connectivity index (χ4v) is 3.69.